The molecule has 1 unspecified atom stereocenters. The van der Waals surface area contributed by atoms with E-state index in [1.54, 1.807) is 0 Å². The molecule has 1 saturated heterocycles. The monoisotopic (exact) mass is 294 g/mol. The summed E-state index contributed by atoms with van der Waals surface area (Å²) in [6.45, 7) is 2.22. The second-order valence-electron chi connectivity index (χ2n) is 5.14. The average molecular weight is 294 g/mol. The Labute approximate surface area is 121 Å². The van der Waals surface area contributed by atoms with Gasteiger partial charge in [-0.2, -0.15) is 0 Å². The number of aromatic nitrogens is 1. The number of nitro groups is 1. The summed E-state index contributed by atoms with van der Waals surface area (Å²) in [5, 5.41) is 23.2. The van der Waals surface area contributed by atoms with Crippen LogP contribution in [0.1, 0.15) is 23.2 Å². The van der Waals surface area contributed by atoms with Gasteiger partial charge in [-0.3, -0.25) is 10.1 Å². The van der Waals surface area contributed by atoms with E-state index in [0.717, 1.165) is 25.5 Å². The molecule has 1 aromatic heterocycles. The Morgan fingerprint density at radius 1 is 1.67 bits per heavy atom. The van der Waals surface area contributed by atoms with Crippen LogP contribution in [-0.4, -0.2) is 47.7 Å². The minimum Gasteiger partial charge on any atom is -0.478 e. The van der Waals surface area contributed by atoms with Crippen molar-refractivity contribution in [2.45, 2.75) is 12.8 Å². The van der Waals surface area contributed by atoms with Gasteiger partial charge in [0.1, 0.15) is 0 Å². The molecule has 2 heterocycles. The van der Waals surface area contributed by atoms with Gasteiger partial charge in [0, 0.05) is 25.4 Å². The van der Waals surface area contributed by atoms with Gasteiger partial charge in [-0.05, 0) is 32.4 Å². The molecule has 0 amide bonds. The van der Waals surface area contributed by atoms with Crippen LogP contribution in [0.15, 0.2) is 12.3 Å². The lowest BCUT2D eigenvalue weighted by molar-refractivity contribution is -0.384. The van der Waals surface area contributed by atoms with Crippen LogP contribution in [0.3, 0.4) is 0 Å². The Kier molecular flexibility index (Phi) is 4.69. The van der Waals surface area contributed by atoms with Crippen molar-refractivity contribution in [3.63, 3.8) is 0 Å². The highest BCUT2D eigenvalue weighted by molar-refractivity contribution is 5.88. The summed E-state index contributed by atoms with van der Waals surface area (Å²) in [7, 11) is 1.88. The van der Waals surface area contributed by atoms with Gasteiger partial charge in [0.25, 0.3) is 0 Å². The fourth-order valence-electron chi connectivity index (χ4n) is 2.65. The fourth-order valence-corrected chi connectivity index (χ4v) is 2.65. The van der Waals surface area contributed by atoms with Crippen LogP contribution >= 0.6 is 0 Å². The highest BCUT2D eigenvalue weighted by Crippen LogP contribution is 2.30. The molecule has 0 saturated carbocycles. The van der Waals surface area contributed by atoms with E-state index in [1.807, 2.05) is 11.9 Å². The number of hydrogen-bond donors (Lipinski definition) is 2. The zero-order chi connectivity index (χ0) is 15.4. The van der Waals surface area contributed by atoms with Crippen LogP contribution in [0, 0.1) is 16.0 Å². The van der Waals surface area contributed by atoms with Crippen molar-refractivity contribution in [3.05, 3.63) is 27.9 Å². The molecule has 2 rings (SSSR count). The van der Waals surface area contributed by atoms with Gasteiger partial charge < -0.3 is 15.3 Å². The number of nitrogens with one attached hydrogen (secondary N) is 1. The summed E-state index contributed by atoms with van der Waals surface area (Å²) >= 11 is 0. The molecule has 1 aromatic rings. The molecule has 0 bridgehead atoms. The average Bonchev–Trinajstić information content (AvgIpc) is 2.47. The normalized spacial score (nSPS) is 18.5. The van der Waals surface area contributed by atoms with Crippen molar-refractivity contribution in [1.82, 2.24) is 10.3 Å². The SMILES string of the molecule is CNCC1CCCN(c2ncc(C(=O)O)cc2[N+](=O)[O-])C1. The first-order valence-corrected chi connectivity index (χ1v) is 6.80. The van der Waals surface area contributed by atoms with Gasteiger partial charge in [-0.15, -0.1) is 0 Å². The van der Waals surface area contributed by atoms with Crippen molar-refractivity contribution in [3.8, 4) is 0 Å². The van der Waals surface area contributed by atoms with E-state index in [4.69, 9.17) is 5.11 Å². The minimum absolute atomic E-state index is 0.172. The molecule has 1 atom stereocenters. The maximum atomic E-state index is 11.2. The third kappa shape index (κ3) is 3.46. The minimum atomic E-state index is -1.22. The molecule has 8 nitrogen and oxygen atoms in total. The quantitative estimate of drug-likeness (QED) is 0.618. The zero-order valence-electron chi connectivity index (χ0n) is 11.8. The second-order valence-corrected chi connectivity index (χ2v) is 5.14. The number of hydrogen-bond acceptors (Lipinski definition) is 6. The first kappa shape index (κ1) is 15.2. The second kappa shape index (κ2) is 6.49. The first-order valence-electron chi connectivity index (χ1n) is 6.80. The van der Waals surface area contributed by atoms with Gasteiger partial charge in [0.05, 0.1) is 10.5 Å². The molecule has 21 heavy (non-hydrogen) atoms. The number of nitrogens with zero attached hydrogens (tertiary/aromatic N) is 3. The number of carbonyl (C=O) groups is 1. The molecular weight excluding hydrogens is 276 g/mol. The first-order chi connectivity index (χ1) is 10.0. The molecular formula is C13H18N4O4. The van der Waals surface area contributed by atoms with Crippen LogP contribution in [0.5, 0.6) is 0 Å². The van der Waals surface area contributed by atoms with E-state index in [0.29, 0.717) is 19.0 Å². The van der Waals surface area contributed by atoms with Crippen LogP contribution in [-0.2, 0) is 0 Å². The van der Waals surface area contributed by atoms with Crippen LogP contribution in [0.25, 0.3) is 0 Å². The van der Waals surface area contributed by atoms with Gasteiger partial charge in [-0.25, -0.2) is 9.78 Å². The van der Waals surface area contributed by atoms with Crippen molar-refractivity contribution in [2.24, 2.45) is 5.92 Å². The fraction of sp³-hybridized carbons (Fsp3) is 0.538. The Morgan fingerprint density at radius 2 is 2.43 bits per heavy atom. The van der Waals surface area contributed by atoms with E-state index in [9.17, 15) is 14.9 Å². The largest absolute Gasteiger partial charge is 0.478 e. The van der Waals surface area contributed by atoms with Crippen molar-refractivity contribution in [2.75, 3.05) is 31.6 Å². The highest BCUT2D eigenvalue weighted by atomic mass is 16.6. The Morgan fingerprint density at radius 3 is 3.05 bits per heavy atom. The maximum absolute atomic E-state index is 11.2. The van der Waals surface area contributed by atoms with E-state index >= 15 is 0 Å². The van der Waals surface area contributed by atoms with E-state index in [2.05, 4.69) is 10.3 Å². The van der Waals surface area contributed by atoms with Crippen LogP contribution in [0.4, 0.5) is 11.5 Å². The summed E-state index contributed by atoms with van der Waals surface area (Å²) in [5.74, 6) is -0.557. The zero-order valence-corrected chi connectivity index (χ0v) is 11.8. The third-order valence-electron chi connectivity index (χ3n) is 3.60. The van der Waals surface area contributed by atoms with Crippen LogP contribution < -0.4 is 10.2 Å². The molecule has 1 aliphatic heterocycles. The summed E-state index contributed by atoms with van der Waals surface area (Å²) < 4.78 is 0. The highest BCUT2D eigenvalue weighted by Gasteiger charge is 2.27. The molecule has 114 valence electrons. The lowest BCUT2D eigenvalue weighted by atomic mass is 9.98. The smallest absolute Gasteiger partial charge is 0.337 e. The van der Waals surface area contributed by atoms with E-state index in [1.165, 1.54) is 6.20 Å². The Balaban J connectivity index is 2.29. The summed E-state index contributed by atoms with van der Waals surface area (Å²) in [5.41, 5.74) is -0.422. The molecule has 0 spiro atoms. The number of pyridine rings is 1. The Bertz CT molecular complexity index is 547. The van der Waals surface area contributed by atoms with Crippen molar-refractivity contribution >= 4 is 17.5 Å². The van der Waals surface area contributed by atoms with Gasteiger partial charge >= 0.3 is 11.7 Å². The van der Waals surface area contributed by atoms with E-state index < -0.39 is 10.9 Å². The lowest BCUT2D eigenvalue weighted by Crippen LogP contribution is -2.39. The Hall–Kier alpha value is -2.22. The van der Waals surface area contributed by atoms with E-state index in [-0.39, 0.29) is 17.1 Å². The molecule has 0 aromatic carbocycles. The maximum Gasteiger partial charge on any atom is 0.337 e. The summed E-state index contributed by atoms with van der Waals surface area (Å²) in [6, 6.07) is 1.08. The van der Waals surface area contributed by atoms with Gasteiger partial charge in [0.2, 0.25) is 5.82 Å². The van der Waals surface area contributed by atoms with Crippen molar-refractivity contribution in [1.29, 1.82) is 0 Å². The predicted octanol–water partition coefficient (Wildman–Crippen LogP) is 1.12. The summed E-state index contributed by atoms with van der Waals surface area (Å²) in [6.07, 6.45) is 3.18. The number of anilines is 1. The number of piperidine rings is 1. The summed E-state index contributed by atoms with van der Waals surface area (Å²) in [4.78, 5) is 27.4. The lowest BCUT2D eigenvalue weighted by Gasteiger charge is -2.33. The van der Waals surface area contributed by atoms with Gasteiger partial charge in [-0.1, -0.05) is 0 Å². The van der Waals surface area contributed by atoms with Gasteiger partial charge in [0.15, 0.2) is 0 Å². The number of carboxylic acids is 1. The molecule has 0 aliphatic carbocycles. The standard InChI is InChI=1S/C13H18N4O4/c1-14-6-9-3-2-4-16(8-9)12-11(17(20)21)5-10(7-15-12)13(18)19/h5,7,9,14H,2-4,6,8H2,1H3,(H,18,19). The molecule has 1 fully saturated rings. The molecule has 0 radical (unpaired) electrons. The predicted molar refractivity (Wildman–Crippen MR) is 76.7 cm³/mol. The topological polar surface area (TPSA) is 109 Å². The number of carboxylic acid groups (broad SMARTS) is 1. The molecule has 8 heteroatoms. The van der Waals surface area contributed by atoms with Crippen LogP contribution in [0.2, 0.25) is 0 Å². The molecule has 2 N–H and O–H groups in total. The number of aromatic carboxylic acids is 1. The number of rotatable bonds is 5. The molecule has 1 aliphatic rings. The van der Waals surface area contributed by atoms with Crippen molar-refractivity contribution < 1.29 is 14.8 Å². The third-order valence-corrected chi connectivity index (χ3v) is 3.60.